The molecule has 1 aliphatic rings. The van der Waals surface area contributed by atoms with Gasteiger partial charge in [-0.25, -0.2) is 0 Å². The van der Waals surface area contributed by atoms with E-state index in [1.165, 1.54) is 11.1 Å². The first-order valence-electron chi connectivity index (χ1n) is 9.84. The molecule has 0 bridgehead atoms. The van der Waals surface area contributed by atoms with Crippen molar-refractivity contribution in [3.8, 4) is 17.2 Å². The Bertz CT molecular complexity index is 1010. The summed E-state index contributed by atoms with van der Waals surface area (Å²) < 4.78 is 16.2. The third-order valence-corrected chi connectivity index (χ3v) is 5.29. The highest BCUT2D eigenvalue weighted by Gasteiger charge is 2.34. The Morgan fingerprint density at radius 1 is 0.967 bits per heavy atom. The number of fused-ring (bicyclic) bond motifs is 1. The Morgan fingerprint density at radius 2 is 1.60 bits per heavy atom. The van der Waals surface area contributed by atoms with Gasteiger partial charge in [0, 0.05) is 11.6 Å². The number of aryl methyl sites for hydroxylation is 1. The maximum Gasteiger partial charge on any atom is 0.251 e. The van der Waals surface area contributed by atoms with Crippen molar-refractivity contribution >= 4 is 23.2 Å². The van der Waals surface area contributed by atoms with E-state index >= 15 is 0 Å². The third kappa shape index (κ3) is 3.92. The number of carbonyl (C=O) groups excluding carboxylic acids is 1. The lowest BCUT2D eigenvalue weighted by Gasteiger charge is -2.41. The minimum atomic E-state index is -0.441. The van der Waals surface area contributed by atoms with Crippen LogP contribution < -0.4 is 19.1 Å². The van der Waals surface area contributed by atoms with Gasteiger partial charge in [0.15, 0.2) is 11.5 Å². The van der Waals surface area contributed by atoms with E-state index in [1.54, 1.807) is 33.5 Å². The summed E-state index contributed by atoms with van der Waals surface area (Å²) in [5, 5.41) is 0. The second-order valence-corrected chi connectivity index (χ2v) is 7.97. The normalized spacial score (nSPS) is 14.9. The number of rotatable bonds is 5. The Hall–Kier alpha value is -3.21. The molecule has 1 aliphatic heterocycles. The molecule has 0 fully saturated rings. The molecule has 1 heterocycles. The number of amides is 1. The molecular weight excluding hydrogens is 378 g/mol. The molecule has 0 N–H and O–H groups in total. The molecule has 0 unspecified atom stereocenters. The quantitative estimate of drug-likeness (QED) is 0.634. The molecule has 0 aromatic heterocycles. The van der Waals surface area contributed by atoms with Gasteiger partial charge in [0.1, 0.15) is 0 Å². The molecule has 0 atom stereocenters. The average molecular weight is 408 g/mol. The number of nitrogens with zero attached hydrogens (tertiary/aromatic N) is 1. The molecule has 0 saturated heterocycles. The van der Waals surface area contributed by atoms with E-state index in [9.17, 15) is 4.79 Å². The largest absolute Gasteiger partial charge is 0.493 e. The summed E-state index contributed by atoms with van der Waals surface area (Å²) in [6.07, 6.45) is 5.49. The Kier molecular flexibility index (Phi) is 5.92. The first-order valence-corrected chi connectivity index (χ1v) is 9.84. The fourth-order valence-corrected chi connectivity index (χ4v) is 3.99. The molecule has 0 radical (unpaired) electrons. The van der Waals surface area contributed by atoms with E-state index in [4.69, 9.17) is 14.2 Å². The van der Waals surface area contributed by atoms with E-state index in [0.717, 1.165) is 16.8 Å². The summed E-state index contributed by atoms with van der Waals surface area (Å²) in [6.45, 7) is 8.24. The van der Waals surface area contributed by atoms with Gasteiger partial charge in [0.05, 0.1) is 32.6 Å². The molecule has 0 aliphatic carbocycles. The maximum absolute atomic E-state index is 13.3. The zero-order valence-electron chi connectivity index (χ0n) is 18.7. The fraction of sp³-hybridized carbons (Fsp3) is 0.320. The van der Waals surface area contributed by atoms with Crippen LogP contribution in [0.3, 0.4) is 0 Å². The van der Waals surface area contributed by atoms with Crippen LogP contribution in [-0.4, -0.2) is 32.8 Å². The Labute approximate surface area is 178 Å². The van der Waals surface area contributed by atoms with Crippen molar-refractivity contribution in [1.29, 1.82) is 0 Å². The molecule has 1 amide bonds. The van der Waals surface area contributed by atoms with E-state index in [0.29, 0.717) is 17.2 Å². The molecule has 158 valence electrons. The lowest BCUT2D eigenvalue weighted by molar-refractivity contribution is -0.114. The minimum Gasteiger partial charge on any atom is -0.493 e. The fourth-order valence-electron chi connectivity index (χ4n) is 3.99. The highest BCUT2D eigenvalue weighted by atomic mass is 16.5. The van der Waals surface area contributed by atoms with Gasteiger partial charge < -0.3 is 14.2 Å². The number of anilines is 1. The number of hydrogen-bond acceptors (Lipinski definition) is 4. The summed E-state index contributed by atoms with van der Waals surface area (Å²) in [5.41, 5.74) is 4.69. The van der Waals surface area contributed by atoms with Crippen LogP contribution in [0.2, 0.25) is 0 Å². The van der Waals surface area contributed by atoms with Crippen molar-refractivity contribution in [2.45, 2.75) is 33.2 Å². The number of methoxy groups -OCH3 is 3. The van der Waals surface area contributed by atoms with Gasteiger partial charge in [-0.1, -0.05) is 17.7 Å². The van der Waals surface area contributed by atoms with Crippen molar-refractivity contribution in [3.05, 3.63) is 59.2 Å². The molecule has 0 saturated carbocycles. The van der Waals surface area contributed by atoms with Crippen LogP contribution in [0.1, 0.15) is 37.5 Å². The number of ether oxygens (including phenoxy) is 3. The highest BCUT2D eigenvalue weighted by molar-refractivity contribution is 6.08. The van der Waals surface area contributed by atoms with E-state index in [-0.39, 0.29) is 5.91 Å². The number of carbonyl (C=O) groups is 1. The van der Waals surface area contributed by atoms with Gasteiger partial charge in [0.2, 0.25) is 5.75 Å². The molecule has 30 heavy (non-hydrogen) atoms. The summed E-state index contributed by atoms with van der Waals surface area (Å²) >= 11 is 0. The molecule has 5 nitrogen and oxygen atoms in total. The van der Waals surface area contributed by atoms with Gasteiger partial charge >= 0.3 is 0 Å². The van der Waals surface area contributed by atoms with E-state index in [1.807, 2.05) is 43.0 Å². The zero-order valence-corrected chi connectivity index (χ0v) is 18.7. The molecule has 0 spiro atoms. The molecule has 3 rings (SSSR count). The van der Waals surface area contributed by atoms with Crippen molar-refractivity contribution in [1.82, 2.24) is 0 Å². The topological polar surface area (TPSA) is 48.0 Å². The molecule has 2 aromatic carbocycles. The molecular formula is C25H29NO4. The summed E-state index contributed by atoms with van der Waals surface area (Å²) in [6, 6.07) is 9.81. The second kappa shape index (κ2) is 8.27. The standard InChI is InChI=1S/C25H29NO4/c1-16-8-10-20-19(12-16)17(2)15-25(3,4)26(20)23(27)11-9-18-13-21(28-5)24(30-7)22(14-18)29-6/h8-15H,1-7H3/b11-9+. The maximum atomic E-state index is 13.3. The number of hydrogen-bond donors (Lipinski definition) is 0. The van der Waals surface area contributed by atoms with E-state index < -0.39 is 5.54 Å². The first-order chi connectivity index (χ1) is 14.2. The predicted molar refractivity (Wildman–Crippen MR) is 122 cm³/mol. The molecule has 5 heteroatoms. The lowest BCUT2D eigenvalue weighted by atomic mass is 9.88. The Morgan fingerprint density at radius 3 is 2.17 bits per heavy atom. The van der Waals surface area contributed by atoms with Crippen molar-refractivity contribution < 1.29 is 19.0 Å². The minimum absolute atomic E-state index is 0.0948. The van der Waals surface area contributed by atoms with Crippen LogP contribution in [0.4, 0.5) is 5.69 Å². The van der Waals surface area contributed by atoms with Crippen LogP contribution in [0.15, 0.2) is 42.5 Å². The summed E-state index contributed by atoms with van der Waals surface area (Å²) in [7, 11) is 4.70. The highest BCUT2D eigenvalue weighted by Crippen LogP contribution is 2.40. The summed E-state index contributed by atoms with van der Waals surface area (Å²) in [5.74, 6) is 1.51. The van der Waals surface area contributed by atoms with Crippen LogP contribution >= 0.6 is 0 Å². The first kappa shape index (κ1) is 21.5. The van der Waals surface area contributed by atoms with Crippen molar-refractivity contribution in [2.24, 2.45) is 0 Å². The summed E-state index contributed by atoms with van der Waals surface area (Å²) in [4.78, 5) is 15.1. The van der Waals surface area contributed by atoms with Gasteiger partial charge in [-0.15, -0.1) is 0 Å². The van der Waals surface area contributed by atoms with Crippen molar-refractivity contribution in [2.75, 3.05) is 26.2 Å². The third-order valence-electron chi connectivity index (χ3n) is 5.29. The van der Waals surface area contributed by atoms with Gasteiger partial charge in [-0.05, 0) is 69.2 Å². The van der Waals surface area contributed by atoms with Gasteiger partial charge in [-0.3, -0.25) is 9.69 Å². The van der Waals surface area contributed by atoms with Gasteiger partial charge in [0.25, 0.3) is 5.91 Å². The Balaban J connectivity index is 1.99. The second-order valence-electron chi connectivity index (χ2n) is 7.97. The lowest BCUT2D eigenvalue weighted by Crippen LogP contribution is -2.48. The average Bonchev–Trinajstić information content (AvgIpc) is 2.71. The predicted octanol–water partition coefficient (Wildman–Crippen LogP) is 5.26. The smallest absolute Gasteiger partial charge is 0.251 e. The van der Waals surface area contributed by atoms with Crippen LogP contribution in [-0.2, 0) is 4.79 Å². The zero-order chi connectivity index (χ0) is 22.1. The number of benzene rings is 2. The van der Waals surface area contributed by atoms with Gasteiger partial charge in [-0.2, -0.15) is 0 Å². The molecule has 2 aromatic rings. The van der Waals surface area contributed by atoms with Crippen molar-refractivity contribution in [3.63, 3.8) is 0 Å². The SMILES string of the molecule is COc1cc(/C=C/C(=O)N2c3ccc(C)cc3C(C)=CC2(C)C)cc(OC)c1OC. The monoisotopic (exact) mass is 407 g/mol. The van der Waals surface area contributed by atoms with Crippen LogP contribution in [0.5, 0.6) is 17.2 Å². The van der Waals surface area contributed by atoms with Crippen LogP contribution in [0, 0.1) is 6.92 Å². The number of allylic oxidation sites excluding steroid dienone is 1. The van der Waals surface area contributed by atoms with Crippen LogP contribution in [0.25, 0.3) is 11.6 Å². The van der Waals surface area contributed by atoms with E-state index in [2.05, 4.69) is 26.0 Å².